The molecule has 0 radical (unpaired) electrons. The van der Waals surface area contributed by atoms with Crippen molar-refractivity contribution >= 4 is 38.2 Å². The summed E-state index contributed by atoms with van der Waals surface area (Å²) in [6.45, 7) is 5.63. The van der Waals surface area contributed by atoms with E-state index in [9.17, 15) is 18.0 Å². The zero-order valence-corrected chi connectivity index (χ0v) is 18.1. The molecule has 0 unspecified atom stereocenters. The lowest BCUT2D eigenvalue weighted by atomic mass is 10.1. The minimum absolute atomic E-state index is 0.154. The molecule has 0 amide bonds. The Labute approximate surface area is 174 Å². The van der Waals surface area contributed by atoms with Crippen LogP contribution in [0.1, 0.15) is 29.8 Å². The Kier molecular flexibility index (Phi) is 5.98. The molecule has 3 aromatic rings. The number of rotatable bonds is 6. The van der Waals surface area contributed by atoms with Crippen LogP contribution in [0.5, 0.6) is 0 Å². The number of aryl methyl sites for hydroxylation is 1. The van der Waals surface area contributed by atoms with Crippen molar-refractivity contribution in [2.24, 2.45) is 0 Å². The molecular weight excluding hydrogens is 406 g/mol. The molecular formula is C22H23NO6S. The van der Waals surface area contributed by atoms with E-state index in [1.54, 1.807) is 41.3 Å². The van der Waals surface area contributed by atoms with Crippen molar-refractivity contribution in [2.45, 2.75) is 25.9 Å². The molecule has 158 valence electrons. The topological polar surface area (TPSA) is 93.9 Å². The summed E-state index contributed by atoms with van der Waals surface area (Å²) in [6.07, 6.45) is 0. The van der Waals surface area contributed by atoms with E-state index < -0.39 is 21.2 Å². The van der Waals surface area contributed by atoms with Crippen LogP contribution in [0.4, 0.5) is 11.4 Å². The van der Waals surface area contributed by atoms with Crippen LogP contribution in [-0.2, 0) is 14.6 Å². The van der Waals surface area contributed by atoms with Crippen LogP contribution < -0.4 is 10.3 Å². The zero-order chi connectivity index (χ0) is 22.1. The van der Waals surface area contributed by atoms with Crippen molar-refractivity contribution in [3.8, 4) is 0 Å². The minimum atomic E-state index is -3.72. The maximum Gasteiger partial charge on any atom is 0.339 e. The van der Waals surface area contributed by atoms with Crippen LogP contribution in [0.25, 0.3) is 11.0 Å². The maximum atomic E-state index is 12.7. The highest BCUT2D eigenvalue weighted by Crippen LogP contribution is 2.35. The van der Waals surface area contributed by atoms with Gasteiger partial charge in [0.15, 0.2) is 11.0 Å². The number of benzene rings is 2. The van der Waals surface area contributed by atoms with Gasteiger partial charge < -0.3 is 14.1 Å². The van der Waals surface area contributed by atoms with E-state index in [0.29, 0.717) is 23.5 Å². The summed E-state index contributed by atoms with van der Waals surface area (Å²) in [6, 6.07) is 11.4. The Morgan fingerprint density at radius 1 is 1.10 bits per heavy atom. The number of hydrogen-bond donors (Lipinski definition) is 0. The van der Waals surface area contributed by atoms with E-state index in [1.807, 2.05) is 13.8 Å². The molecule has 1 aromatic heterocycles. The summed E-state index contributed by atoms with van der Waals surface area (Å²) in [5, 5.41) is -0.0982. The van der Waals surface area contributed by atoms with E-state index in [0.717, 1.165) is 11.6 Å². The summed E-state index contributed by atoms with van der Waals surface area (Å²) in [4.78, 5) is 26.8. The molecule has 3 rings (SSSR count). The number of carbonyl (C=O) groups is 1. The van der Waals surface area contributed by atoms with Crippen LogP contribution in [0.15, 0.2) is 56.8 Å². The van der Waals surface area contributed by atoms with Crippen LogP contribution in [0.2, 0.25) is 0 Å². The molecule has 0 aliphatic rings. The molecule has 0 saturated carbocycles. The fraction of sp³-hybridized carbons (Fsp3) is 0.273. The molecule has 7 nitrogen and oxygen atoms in total. The Hall–Kier alpha value is -3.13. The smallest absolute Gasteiger partial charge is 0.339 e. The van der Waals surface area contributed by atoms with Crippen molar-refractivity contribution in [1.82, 2.24) is 0 Å². The Bertz CT molecular complexity index is 1280. The average molecular weight is 429 g/mol. The van der Waals surface area contributed by atoms with Crippen LogP contribution >= 0.6 is 0 Å². The average Bonchev–Trinajstić information content (AvgIpc) is 2.74. The second-order valence-corrected chi connectivity index (χ2v) is 8.96. The Morgan fingerprint density at radius 3 is 2.43 bits per heavy atom. The highest BCUT2D eigenvalue weighted by Gasteiger charge is 2.23. The summed E-state index contributed by atoms with van der Waals surface area (Å²) in [5.74, 6) is -0.692. The zero-order valence-electron chi connectivity index (χ0n) is 17.3. The molecule has 8 heteroatoms. The van der Waals surface area contributed by atoms with E-state index in [-0.39, 0.29) is 21.8 Å². The van der Waals surface area contributed by atoms with Crippen LogP contribution in [-0.4, -0.2) is 33.8 Å². The highest BCUT2D eigenvalue weighted by molar-refractivity contribution is 7.91. The molecule has 0 aliphatic carbocycles. The monoisotopic (exact) mass is 429 g/mol. The van der Waals surface area contributed by atoms with Crippen molar-refractivity contribution < 1.29 is 22.4 Å². The SMILES string of the molecule is CCN(c1ccccc1C(=O)OC)c1cc(C)cc2c(=O)cc(S(=O)(=O)CC)oc12. The number of fused-ring (bicyclic) bond motifs is 1. The van der Waals surface area contributed by atoms with Crippen LogP contribution in [0.3, 0.4) is 0 Å². The number of para-hydroxylation sites is 1. The number of sulfone groups is 1. The third-order valence-corrected chi connectivity index (χ3v) is 6.40. The Morgan fingerprint density at radius 2 is 1.80 bits per heavy atom. The van der Waals surface area contributed by atoms with Crippen molar-refractivity contribution in [1.29, 1.82) is 0 Å². The lowest BCUT2D eigenvalue weighted by molar-refractivity contribution is 0.0601. The molecule has 2 aromatic carbocycles. The quantitative estimate of drug-likeness (QED) is 0.550. The number of carbonyl (C=O) groups excluding carboxylic acids is 1. The molecule has 1 heterocycles. The summed E-state index contributed by atoms with van der Waals surface area (Å²) in [7, 11) is -2.42. The number of ether oxygens (including phenoxy) is 1. The van der Waals surface area contributed by atoms with Gasteiger partial charge >= 0.3 is 5.97 Å². The van der Waals surface area contributed by atoms with Gasteiger partial charge in [0.2, 0.25) is 14.9 Å². The van der Waals surface area contributed by atoms with Gasteiger partial charge in [0.25, 0.3) is 0 Å². The van der Waals surface area contributed by atoms with E-state index >= 15 is 0 Å². The summed E-state index contributed by atoms with van der Waals surface area (Å²) in [5.41, 5.74) is 1.91. The number of nitrogens with zero attached hydrogens (tertiary/aromatic N) is 1. The molecule has 0 atom stereocenters. The van der Waals surface area contributed by atoms with Gasteiger partial charge in [-0.3, -0.25) is 4.79 Å². The van der Waals surface area contributed by atoms with Gasteiger partial charge in [-0.05, 0) is 43.7 Å². The first kappa shape index (κ1) is 21.6. The predicted octanol–water partition coefficient (Wildman–Crippen LogP) is 3.84. The number of esters is 1. The fourth-order valence-electron chi connectivity index (χ4n) is 3.32. The Balaban J connectivity index is 2.37. The molecule has 0 N–H and O–H groups in total. The lowest BCUT2D eigenvalue weighted by Crippen LogP contribution is -2.21. The van der Waals surface area contributed by atoms with Gasteiger partial charge in [0.05, 0.1) is 35.2 Å². The van der Waals surface area contributed by atoms with Gasteiger partial charge in [-0.1, -0.05) is 19.1 Å². The number of methoxy groups -OCH3 is 1. The number of anilines is 2. The normalized spacial score (nSPS) is 11.5. The van der Waals surface area contributed by atoms with Crippen LogP contribution in [0, 0.1) is 6.92 Å². The lowest BCUT2D eigenvalue weighted by Gasteiger charge is -2.26. The van der Waals surface area contributed by atoms with Gasteiger partial charge in [0, 0.05) is 12.6 Å². The molecule has 0 bridgehead atoms. The third kappa shape index (κ3) is 3.82. The van der Waals surface area contributed by atoms with Crippen molar-refractivity contribution in [3.63, 3.8) is 0 Å². The first-order valence-electron chi connectivity index (χ1n) is 9.49. The maximum absolute atomic E-state index is 12.7. The molecule has 0 spiro atoms. The van der Waals surface area contributed by atoms with Gasteiger partial charge in [-0.15, -0.1) is 0 Å². The standard InChI is InChI=1S/C22H23NO6S/c1-5-23(17-10-8-7-9-15(17)22(25)28-4)18-12-14(3)11-16-19(24)13-20(29-21(16)18)30(26,27)6-2/h7-13H,5-6H2,1-4H3. The fourth-order valence-corrected chi connectivity index (χ4v) is 4.10. The van der Waals surface area contributed by atoms with Gasteiger partial charge in [-0.25, -0.2) is 13.2 Å². The summed E-state index contributed by atoms with van der Waals surface area (Å²) < 4.78 is 35.4. The minimum Gasteiger partial charge on any atom is -0.465 e. The van der Waals surface area contributed by atoms with E-state index in [2.05, 4.69) is 0 Å². The first-order chi connectivity index (χ1) is 14.2. The molecule has 30 heavy (non-hydrogen) atoms. The molecule has 0 saturated heterocycles. The van der Waals surface area contributed by atoms with Crippen molar-refractivity contribution in [3.05, 3.63) is 63.8 Å². The van der Waals surface area contributed by atoms with Crippen molar-refractivity contribution in [2.75, 3.05) is 24.3 Å². The van der Waals surface area contributed by atoms with E-state index in [4.69, 9.17) is 9.15 Å². The van der Waals surface area contributed by atoms with Gasteiger partial charge in [0.1, 0.15) is 0 Å². The third-order valence-electron chi connectivity index (χ3n) is 4.82. The van der Waals surface area contributed by atoms with Gasteiger partial charge in [-0.2, -0.15) is 0 Å². The molecule has 0 aliphatic heterocycles. The first-order valence-corrected chi connectivity index (χ1v) is 11.1. The highest BCUT2D eigenvalue weighted by atomic mass is 32.2. The molecule has 0 fully saturated rings. The summed E-state index contributed by atoms with van der Waals surface area (Å²) >= 11 is 0. The predicted molar refractivity (Wildman–Crippen MR) is 115 cm³/mol. The largest absolute Gasteiger partial charge is 0.465 e. The second-order valence-electron chi connectivity index (χ2n) is 6.75. The van der Waals surface area contributed by atoms with E-state index in [1.165, 1.54) is 14.0 Å². The second kappa shape index (κ2) is 8.31. The number of hydrogen-bond acceptors (Lipinski definition) is 7.